The zero-order valence-electron chi connectivity index (χ0n) is 10.1. The molecule has 0 saturated heterocycles. The van der Waals surface area contributed by atoms with Gasteiger partial charge in [0.2, 0.25) is 0 Å². The van der Waals surface area contributed by atoms with Gasteiger partial charge in [-0.05, 0) is 36.5 Å². The van der Waals surface area contributed by atoms with Crippen LogP contribution in [0.3, 0.4) is 0 Å². The molecule has 0 radical (unpaired) electrons. The van der Waals surface area contributed by atoms with Gasteiger partial charge in [0.05, 0.1) is 0 Å². The summed E-state index contributed by atoms with van der Waals surface area (Å²) >= 11 is 0. The van der Waals surface area contributed by atoms with E-state index in [1.807, 2.05) is 0 Å². The van der Waals surface area contributed by atoms with Crippen molar-refractivity contribution in [1.29, 1.82) is 0 Å². The molecule has 14 heavy (non-hydrogen) atoms. The Labute approximate surface area is 88.9 Å². The second-order valence-electron chi connectivity index (χ2n) is 5.71. The van der Waals surface area contributed by atoms with Gasteiger partial charge < -0.3 is 5.11 Å². The molecular formula is C13H26O. The van der Waals surface area contributed by atoms with Gasteiger partial charge in [-0.15, -0.1) is 0 Å². The third-order valence-electron chi connectivity index (χ3n) is 4.25. The number of hydrogen-bond donors (Lipinski definition) is 1. The second kappa shape index (κ2) is 5.16. The summed E-state index contributed by atoms with van der Waals surface area (Å²) in [5, 5.41) is 9.41. The molecule has 1 aliphatic rings. The molecule has 3 unspecified atom stereocenters. The summed E-state index contributed by atoms with van der Waals surface area (Å²) in [5.74, 6) is 1.70. The van der Waals surface area contributed by atoms with E-state index in [4.69, 9.17) is 0 Å². The average Bonchev–Trinajstić information content (AvgIpc) is 2.25. The van der Waals surface area contributed by atoms with E-state index >= 15 is 0 Å². The Bertz CT molecular complexity index is 167. The first-order valence-corrected chi connectivity index (χ1v) is 6.18. The molecule has 1 heteroatoms. The molecular weight excluding hydrogens is 172 g/mol. The van der Waals surface area contributed by atoms with Crippen LogP contribution in [0.1, 0.15) is 59.3 Å². The average molecular weight is 198 g/mol. The van der Waals surface area contributed by atoms with Gasteiger partial charge in [0.15, 0.2) is 0 Å². The molecule has 84 valence electrons. The maximum Gasteiger partial charge on any atom is 0.0484 e. The minimum Gasteiger partial charge on any atom is -0.396 e. The predicted molar refractivity (Wildman–Crippen MR) is 61.2 cm³/mol. The summed E-state index contributed by atoms with van der Waals surface area (Å²) in [5.41, 5.74) is 0.207. The van der Waals surface area contributed by atoms with Crippen molar-refractivity contribution in [3.63, 3.8) is 0 Å². The highest BCUT2D eigenvalue weighted by molar-refractivity contribution is 4.77. The summed E-state index contributed by atoms with van der Waals surface area (Å²) in [6.07, 6.45) is 7.73. The maximum absolute atomic E-state index is 9.41. The van der Waals surface area contributed by atoms with Gasteiger partial charge in [0.25, 0.3) is 0 Å². The normalized spacial score (nSPS) is 41.1. The van der Waals surface area contributed by atoms with E-state index in [0.717, 1.165) is 11.8 Å². The van der Waals surface area contributed by atoms with Crippen LogP contribution in [0.25, 0.3) is 0 Å². The first-order valence-electron chi connectivity index (χ1n) is 6.18. The number of rotatable bonds is 1. The van der Waals surface area contributed by atoms with Crippen molar-refractivity contribution >= 4 is 0 Å². The van der Waals surface area contributed by atoms with E-state index in [-0.39, 0.29) is 5.41 Å². The predicted octanol–water partition coefficient (Wildman–Crippen LogP) is 3.61. The van der Waals surface area contributed by atoms with Gasteiger partial charge in [0.1, 0.15) is 0 Å². The van der Waals surface area contributed by atoms with Crippen molar-refractivity contribution < 1.29 is 5.11 Å². The van der Waals surface area contributed by atoms with Gasteiger partial charge >= 0.3 is 0 Å². The zero-order valence-corrected chi connectivity index (χ0v) is 10.1. The summed E-state index contributed by atoms with van der Waals surface area (Å²) in [4.78, 5) is 0. The van der Waals surface area contributed by atoms with Gasteiger partial charge in [-0.3, -0.25) is 0 Å². The molecule has 3 atom stereocenters. The molecule has 0 heterocycles. The van der Waals surface area contributed by atoms with Gasteiger partial charge in [-0.1, -0.05) is 40.0 Å². The molecule has 0 aromatic carbocycles. The van der Waals surface area contributed by atoms with Crippen LogP contribution < -0.4 is 0 Å². The summed E-state index contributed by atoms with van der Waals surface area (Å²) in [6.45, 7) is 7.36. The van der Waals surface area contributed by atoms with E-state index in [1.165, 1.54) is 38.5 Å². The standard InChI is InChI=1S/C13H26O/c1-11-6-4-5-8-13(3,10-14)9-7-12(11)2/h11-12,14H,4-10H2,1-3H3. The Morgan fingerprint density at radius 1 is 1.07 bits per heavy atom. The molecule has 0 aromatic rings. The lowest BCUT2D eigenvalue weighted by atomic mass is 9.79. The molecule has 1 N–H and O–H groups in total. The van der Waals surface area contributed by atoms with E-state index in [2.05, 4.69) is 20.8 Å². The molecule has 0 aliphatic heterocycles. The van der Waals surface area contributed by atoms with Crippen LogP contribution in [0.15, 0.2) is 0 Å². The quantitative estimate of drug-likeness (QED) is 0.682. The first-order chi connectivity index (χ1) is 6.57. The van der Waals surface area contributed by atoms with E-state index in [0.29, 0.717) is 6.61 Å². The molecule has 1 aliphatic carbocycles. The molecule has 1 nitrogen and oxygen atoms in total. The molecule has 0 aromatic heterocycles. The minimum absolute atomic E-state index is 0.207. The number of aliphatic hydroxyl groups excluding tert-OH is 1. The molecule has 0 amide bonds. The van der Waals surface area contributed by atoms with Crippen LogP contribution in [0.5, 0.6) is 0 Å². The number of aliphatic hydroxyl groups is 1. The minimum atomic E-state index is 0.207. The monoisotopic (exact) mass is 198 g/mol. The van der Waals surface area contributed by atoms with Crippen LogP contribution in [-0.4, -0.2) is 11.7 Å². The fraction of sp³-hybridized carbons (Fsp3) is 1.00. The van der Waals surface area contributed by atoms with E-state index in [1.54, 1.807) is 0 Å². The van der Waals surface area contributed by atoms with Crippen LogP contribution in [-0.2, 0) is 0 Å². The summed E-state index contributed by atoms with van der Waals surface area (Å²) in [6, 6.07) is 0. The Morgan fingerprint density at radius 2 is 1.71 bits per heavy atom. The zero-order chi connectivity index (χ0) is 10.6. The maximum atomic E-state index is 9.41. The van der Waals surface area contributed by atoms with Crippen molar-refractivity contribution in [2.45, 2.75) is 59.3 Å². The van der Waals surface area contributed by atoms with Crippen LogP contribution in [0.2, 0.25) is 0 Å². The van der Waals surface area contributed by atoms with Gasteiger partial charge in [-0.25, -0.2) is 0 Å². The molecule has 0 bridgehead atoms. The Balaban J connectivity index is 2.54. The molecule has 1 fully saturated rings. The highest BCUT2D eigenvalue weighted by Gasteiger charge is 2.26. The van der Waals surface area contributed by atoms with Crippen molar-refractivity contribution in [1.82, 2.24) is 0 Å². The third kappa shape index (κ3) is 3.27. The topological polar surface area (TPSA) is 20.2 Å². The highest BCUT2D eigenvalue weighted by atomic mass is 16.3. The van der Waals surface area contributed by atoms with Crippen molar-refractivity contribution in [3.05, 3.63) is 0 Å². The fourth-order valence-corrected chi connectivity index (χ4v) is 2.45. The SMILES string of the molecule is CC1CCCCC(C)(CO)CCC1C. The first kappa shape index (κ1) is 12.0. The highest BCUT2D eigenvalue weighted by Crippen LogP contribution is 2.35. The van der Waals surface area contributed by atoms with Crippen LogP contribution >= 0.6 is 0 Å². The second-order valence-corrected chi connectivity index (χ2v) is 5.71. The molecule has 1 rings (SSSR count). The van der Waals surface area contributed by atoms with E-state index in [9.17, 15) is 5.11 Å². The van der Waals surface area contributed by atoms with Crippen molar-refractivity contribution in [2.24, 2.45) is 17.3 Å². The van der Waals surface area contributed by atoms with Crippen LogP contribution in [0, 0.1) is 17.3 Å². The smallest absolute Gasteiger partial charge is 0.0484 e. The lowest BCUT2D eigenvalue weighted by molar-refractivity contribution is 0.114. The van der Waals surface area contributed by atoms with Gasteiger partial charge in [-0.2, -0.15) is 0 Å². The Morgan fingerprint density at radius 3 is 2.36 bits per heavy atom. The van der Waals surface area contributed by atoms with Gasteiger partial charge in [0, 0.05) is 6.61 Å². The molecule has 0 spiro atoms. The number of hydrogen-bond acceptors (Lipinski definition) is 1. The Hall–Kier alpha value is -0.0400. The van der Waals surface area contributed by atoms with Crippen molar-refractivity contribution in [2.75, 3.05) is 6.61 Å². The van der Waals surface area contributed by atoms with Crippen LogP contribution in [0.4, 0.5) is 0 Å². The lowest BCUT2D eigenvalue weighted by Gasteiger charge is -2.28. The Kier molecular flexibility index (Phi) is 4.43. The summed E-state index contributed by atoms with van der Waals surface area (Å²) < 4.78 is 0. The molecule has 1 saturated carbocycles. The van der Waals surface area contributed by atoms with E-state index < -0.39 is 0 Å². The fourth-order valence-electron chi connectivity index (χ4n) is 2.45. The largest absolute Gasteiger partial charge is 0.396 e. The third-order valence-corrected chi connectivity index (χ3v) is 4.25. The summed E-state index contributed by atoms with van der Waals surface area (Å²) in [7, 11) is 0. The lowest BCUT2D eigenvalue weighted by Crippen LogP contribution is -2.22. The van der Waals surface area contributed by atoms with Crippen molar-refractivity contribution in [3.8, 4) is 0 Å².